The number of carbonyl (C=O) groups excluding carboxylic acids is 1. The van der Waals surface area contributed by atoms with Crippen molar-refractivity contribution in [2.45, 2.75) is 33.7 Å². The molecule has 2 aromatic rings. The van der Waals surface area contributed by atoms with Crippen LogP contribution in [0.3, 0.4) is 0 Å². The average Bonchev–Trinajstić information content (AvgIpc) is 2.68. The van der Waals surface area contributed by atoms with Gasteiger partial charge >= 0.3 is 0 Å². The van der Waals surface area contributed by atoms with E-state index in [-0.39, 0.29) is 11.9 Å². The van der Waals surface area contributed by atoms with Crippen LogP contribution in [-0.2, 0) is 0 Å². The van der Waals surface area contributed by atoms with Crippen molar-refractivity contribution < 1.29 is 4.79 Å². The average molecular weight is 289 g/mol. The van der Waals surface area contributed by atoms with Crippen molar-refractivity contribution in [3.63, 3.8) is 0 Å². The van der Waals surface area contributed by atoms with E-state index in [0.717, 1.165) is 11.3 Å². The third-order valence-corrected chi connectivity index (χ3v) is 4.19. The Labute approximate surface area is 123 Å². The van der Waals surface area contributed by atoms with Gasteiger partial charge in [-0.25, -0.2) is 0 Å². The lowest BCUT2D eigenvalue weighted by atomic mass is 10.1. The van der Waals surface area contributed by atoms with Gasteiger partial charge in [0.25, 0.3) is 5.91 Å². The number of anilines is 1. The molecule has 0 bridgehead atoms. The number of aryl methyl sites for hydroxylation is 3. The van der Waals surface area contributed by atoms with Crippen LogP contribution in [0.4, 0.5) is 5.69 Å². The highest BCUT2D eigenvalue weighted by Gasteiger charge is 2.16. The monoisotopic (exact) mass is 289 g/mol. The number of nitrogens with one attached hydrogen (secondary N) is 1. The largest absolute Gasteiger partial charge is 0.398 e. The summed E-state index contributed by atoms with van der Waals surface area (Å²) in [5.74, 6) is -0.189. The van der Waals surface area contributed by atoms with Crippen LogP contribution in [0.5, 0.6) is 0 Å². The number of pyridine rings is 1. The molecule has 0 fully saturated rings. The third-order valence-electron chi connectivity index (χ3n) is 3.21. The van der Waals surface area contributed by atoms with Crippen molar-refractivity contribution in [3.8, 4) is 0 Å². The van der Waals surface area contributed by atoms with Crippen molar-refractivity contribution in [3.05, 3.63) is 44.9 Å². The fourth-order valence-electron chi connectivity index (χ4n) is 2.20. The first-order valence-electron chi connectivity index (χ1n) is 6.48. The maximum Gasteiger partial charge on any atom is 0.255 e. The van der Waals surface area contributed by atoms with E-state index >= 15 is 0 Å². The van der Waals surface area contributed by atoms with Crippen molar-refractivity contribution in [2.75, 3.05) is 5.73 Å². The number of rotatable bonds is 3. The highest BCUT2D eigenvalue weighted by molar-refractivity contribution is 7.12. The van der Waals surface area contributed by atoms with Crippen LogP contribution in [0.1, 0.15) is 44.3 Å². The third kappa shape index (κ3) is 2.99. The highest BCUT2D eigenvalue weighted by atomic mass is 32.1. The van der Waals surface area contributed by atoms with Crippen LogP contribution in [0, 0.1) is 20.8 Å². The second kappa shape index (κ2) is 5.63. The number of hydrogen-bond donors (Lipinski definition) is 2. The molecule has 2 aromatic heterocycles. The van der Waals surface area contributed by atoms with E-state index in [1.807, 2.05) is 13.8 Å². The SMILES string of the molecule is Cc1cc(N)c(C(=O)NC(C)c2cc(C)sc2C)cn1. The molecule has 0 aromatic carbocycles. The Kier molecular flexibility index (Phi) is 4.09. The summed E-state index contributed by atoms with van der Waals surface area (Å²) in [6.07, 6.45) is 1.53. The normalized spacial score (nSPS) is 12.2. The Morgan fingerprint density at radius 3 is 2.60 bits per heavy atom. The van der Waals surface area contributed by atoms with E-state index in [2.05, 4.69) is 30.2 Å². The van der Waals surface area contributed by atoms with Gasteiger partial charge in [-0.05, 0) is 45.4 Å². The summed E-state index contributed by atoms with van der Waals surface area (Å²) in [5, 5.41) is 2.97. The summed E-state index contributed by atoms with van der Waals surface area (Å²) in [7, 11) is 0. The zero-order valence-electron chi connectivity index (χ0n) is 12.2. The topological polar surface area (TPSA) is 68.0 Å². The number of carbonyl (C=O) groups is 1. The number of hydrogen-bond acceptors (Lipinski definition) is 4. The zero-order chi connectivity index (χ0) is 14.9. The van der Waals surface area contributed by atoms with E-state index in [9.17, 15) is 4.79 Å². The summed E-state index contributed by atoms with van der Waals surface area (Å²) >= 11 is 1.74. The van der Waals surface area contributed by atoms with Crippen molar-refractivity contribution in [1.29, 1.82) is 0 Å². The number of amides is 1. The summed E-state index contributed by atoms with van der Waals surface area (Å²) in [5.41, 5.74) is 8.71. The molecule has 0 aliphatic rings. The molecule has 0 radical (unpaired) electrons. The Morgan fingerprint density at radius 1 is 1.35 bits per heavy atom. The van der Waals surface area contributed by atoms with Gasteiger partial charge in [0.15, 0.2) is 0 Å². The first-order valence-corrected chi connectivity index (χ1v) is 7.30. The van der Waals surface area contributed by atoms with E-state index in [4.69, 9.17) is 5.73 Å². The molecule has 5 heteroatoms. The molecule has 2 rings (SSSR count). The lowest BCUT2D eigenvalue weighted by molar-refractivity contribution is 0.0940. The molecule has 0 saturated carbocycles. The molecule has 0 spiro atoms. The van der Waals surface area contributed by atoms with E-state index in [1.54, 1.807) is 17.4 Å². The van der Waals surface area contributed by atoms with Crippen molar-refractivity contribution >= 4 is 22.9 Å². The van der Waals surface area contributed by atoms with E-state index < -0.39 is 0 Å². The molecule has 4 nitrogen and oxygen atoms in total. The number of nitrogens with two attached hydrogens (primary N) is 1. The standard InChI is InChI=1S/C15H19N3OS/c1-8-5-14(16)13(7-17-8)15(19)18-10(3)12-6-9(2)20-11(12)4/h5-7,10H,1-4H3,(H2,16,17)(H,18,19). The Morgan fingerprint density at radius 2 is 2.05 bits per heavy atom. The molecule has 3 N–H and O–H groups in total. The van der Waals surface area contributed by atoms with Crippen LogP contribution < -0.4 is 11.1 Å². The lowest BCUT2D eigenvalue weighted by Crippen LogP contribution is -2.27. The summed E-state index contributed by atoms with van der Waals surface area (Å²) in [4.78, 5) is 18.8. The molecule has 0 saturated heterocycles. The molecule has 0 aliphatic carbocycles. The summed E-state index contributed by atoms with van der Waals surface area (Å²) in [6.45, 7) is 7.96. The van der Waals surface area contributed by atoms with Gasteiger partial charge in [-0.1, -0.05) is 0 Å². The Balaban J connectivity index is 2.17. The quantitative estimate of drug-likeness (QED) is 0.912. The summed E-state index contributed by atoms with van der Waals surface area (Å²) < 4.78 is 0. The number of nitrogens with zero attached hydrogens (tertiary/aromatic N) is 1. The molecule has 1 amide bonds. The minimum absolute atomic E-state index is 0.0480. The molecule has 1 unspecified atom stereocenters. The zero-order valence-corrected chi connectivity index (χ0v) is 13.0. The highest BCUT2D eigenvalue weighted by Crippen LogP contribution is 2.26. The molecule has 106 valence electrons. The number of thiophene rings is 1. The molecule has 0 aliphatic heterocycles. The number of aromatic nitrogens is 1. The van der Waals surface area contributed by atoms with E-state index in [1.165, 1.54) is 16.0 Å². The number of nitrogen functional groups attached to an aromatic ring is 1. The second-order valence-corrected chi connectivity index (χ2v) is 6.44. The molecule has 20 heavy (non-hydrogen) atoms. The molecular weight excluding hydrogens is 270 g/mol. The maximum absolute atomic E-state index is 12.3. The first kappa shape index (κ1) is 14.5. The molecule has 2 heterocycles. The Bertz CT molecular complexity index is 649. The van der Waals surface area contributed by atoms with Gasteiger partial charge in [0.05, 0.1) is 11.6 Å². The van der Waals surface area contributed by atoms with Crippen LogP contribution in [-0.4, -0.2) is 10.9 Å². The maximum atomic E-state index is 12.3. The predicted octanol–water partition coefficient (Wildman–Crippen LogP) is 3.14. The first-order chi connectivity index (χ1) is 9.38. The fraction of sp³-hybridized carbons (Fsp3) is 0.333. The van der Waals surface area contributed by atoms with Crippen LogP contribution in [0.15, 0.2) is 18.3 Å². The smallest absolute Gasteiger partial charge is 0.255 e. The Hall–Kier alpha value is -1.88. The lowest BCUT2D eigenvalue weighted by Gasteiger charge is -2.15. The van der Waals surface area contributed by atoms with Gasteiger partial charge in [0, 0.05) is 27.3 Å². The molecule has 1 atom stereocenters. The predicted molar refractivity (Wildman–Crippen MR) is 83.1 cm³/mol. The van der Waals surface area contributed by atoms with Crippen molar-refractivity contribution in [2.24, 2.45) is 0 Å². The van der Waals surface area contributed by atoms with Crippen LogP contribution in [0.2, 0.25) is 0 Å². The van der Waals surface area contributed by atoms with E-state index in [0.29, 0.717) is 11.3 Å². The minimum Gasteiger partial charge on any atom is -0.398 e. The van der Waals surface area contributed by atoms with Gasteiger partial charge in [-0.2, -0.15) is 0 Å². The van der Waals surface area contributed by atoms with Gasteiger partial charge < -0.3 is 11.1 Å². The second-order valence-electron chi connectivity index (χ2n) is 4.98. The van der Waals surface area contributed by atoms with Gasteiger partial charge in [0.1, 0.15) is 0 Å². The fourth-order valence-corrected chi connectivity index (χ4v) is 3.23. The van der Waals surface area contributed by atoms with Gasteiger partial charge in [-0.15, -0.1) is 11.3 Å². The van der Waals surface area contributed by atoms with Crippen molar-refractivity contribution in [1.82, 2.24) is 10.3 Å². The molecular formula is C15H19N3OS. The van der Waals surface area contributed by atoms with Gasteiger partial charge in [-0.3, -0.25) is 9.78 Å². The van der Waals surface area contributed by atoms with Crippen LogP contribution in [0.25, 0.3) is 0 Å². The minimum atomic E-state index is -0.189. The van der Waals surface area contributed by atoms with Gasteiger partial charge in [0.2, 0.25) is 0 Å². The summed E-state index contributed by atoms with van der Waals surface area (Å²) in [6, 6.07) is 3.77. The van der Waals surface area contributed by atoms with Crippen LogP contribution >= 0.6 is 11.3 Å².